The van der Waals surface area contributed by atoms with Gasteiger partial charge in [-0.3, -0.25) is 4.90 Å². The van der Waals surface area contributed by atoms with Gasteiger partial charge in [0.1, 0.15) is 18.4 Å². The predicted molar refractivity (Wildman–Crippen MR) is 82.1 cm³/mol. The summed E-state index contributed by atoms with van der Waals surface area (Å²) in [6, 6.07) is 1.93. The average molecular weight is 313 g/mol. The van der Waals surface area contributed by atoms with E-state index in [1.54, 1.807) is 12.5 Å². The zero-order valence-electron chi connectivity index (χ0n) is 13.2. The lowest BCUT2D eigenvalue weighted by Gasteiger charge is -2.20. The fourth-order valence-corrected chi connectivity index (χ4v) is 2.27. The standard InChI is InChI=1S/C16H19N5O2/c1-12(2)16-17-4-3-13(20-16)5-21(6-14-8-22-10-18-14)7-15-9-23-11-19-15/h3-4,8-12H,5-7H2,1-2H3. The lowest BCUT2D eigenvalue weighted by molar-refractivity contribution is 0.238. The van der Waals surface area contributed by atoms with Gasteiger partial charge >= 0.3 is 0 Å². The molecule has 23 heavy (non-hydrogen) atoms. The first-order valence-corrected chi connectivity index (χ1v) is 7.49. The highest BCUT2D eigenvalue weighted by Crippen LogP contribution is 2.13. The molecule has 3 heterocycles. The number of nitrogens with zero attached hydrogens (tertiary/aromatic N) is 5. The van der Waals surface area contributed by atoms with E-state index in [0.717, 1.165) is 22.9 Å². The van der Waals surface area contributed by atoms with E-state index in [4.69, 9.17) is 8.83 Å². The Balaban J connectivity index is 1.75. The van der Waals surface area contributed by atoms with Gasteiger partial charge in [-0.1, -0.05) is 13.8 Å². The Morgan fingerprint density at radius 1 is 0.913 bits per heavy atom. The molecule has 0 spiro atoms. The van der Waals surface area contributed by atoms with E-state index in [1.165, 1.54) is 12.8 Å². The van der Waals surface area contributed by atoms with Gasteiger partial charge < -0.3 is 8.83 Å². The first-order chi connectivity index (χ1) is 11.2. The van der Waals surface area contributed by atoms with Crippen molar-refractivity contribution in [3.05, 3.63) is 60.5 Å². The molecule has 0 saturated heterocycles. The molecule has 3 rings (SSSR count). The van der Waals surface area contributed by atoms with Crippen LogP contribution in [-0.2, 0) is 19.6 Å². The molecule has 0 unspecified atom stereocenters. The molecule has 7 heteroatoms. The van der Waals surface area contributed by atoms with E-state index in [9.17, 15) is 0 Å². The van der Waals surface area contributed by atoms with Crippen LogP contribution in [0.1, 0.15) is 42.7 Å². The van der Waals surface area contributed by atoms with E-state index in [0.29, 0.717) is 25.6 Å². The number of hydrogen-bond donors (Lipinski definition) is 0. The number of oxazole rings is 2. The van der Waals surface area contributed by atoms with Gasteiger partial charge in [0.15, 0.2) is 12.8 Å². The van der Waals surface area contributed by atoms with Crippen LogP contribution in [0.3, 0.4) is 0 Å². The monoisotopic (exact) mass is 313 g/mol. The van der Waals surface area contributed by atoms with E-state index in [2.05, 4.69) is 38.7 Å². The van der Waals surface area contributed by atoms with Gasteiger partial charge in [-0.25, -0.2) is 19.9 Å². The molecule has 0 aromatic carbocycles. The van der Waals surface area contributed by atoms with Gasteiger partial charge in [0.2, 0.25) is 0 Å². The summed E-state index contributed by atoms with van der Waals surface area (Å²) >= 11 is 0. The summed E-state index contributed by atoms with van der Waals surface area (Å²) in [6.07, 6.45) is 7.98. The van der Waals surface area contributed by atoms with Crippen LogP contribution in [-0.4, -0.2) is 24.8 Å². The molecule has 0 atom stereocenters. The highest BCUT2D eigenvalue weighted by molar-refractivity contribution is 5.06. The molecule has 120 valence electrons. The number of aromatic nitrogens is 4. The second kappa shape index (κ2) is 7.15. The second-order valence-electron chi connectivity index (χ2n) is 5.67. The molecular weight excluding hydrogens is 294 g/mol. The van der Waals surface area contributed by atoms with Crippen LogP contribution in [0.5, 0.6) is 0 Å². The Labute approximate surface area is 134 Å². The van der Waals surface area contributed by atoms with Crippen LogP contribution in [0, 0.1) is 0 Å². The van der Waals surface area contributed by atoms with Crippen LogP contribution < -0.4 is 0 Å². The zero-order chi connectivity index (χ0) is 16.1. The van der Waals surface area contributed by atoms with Crippen LogP contribution >= 0.6 is 0 Å². The number of hydrogen-bond acceptors (Lipinski definition) is 7. The molecule has 0 radical (unpaired) electrons. The van der Waals surface area contributed by atoms with Crippen LogP contribution in [0.4, 0.5) is 0 Å². The first kappa shape index (κ1) is 15.4. The van der Waals surface area contributed by atoms with Crippen molar-refractivity contribution in [2.24, 2.45) is 0 Å². The lowest BCUT2D eigenvalue weighted by atomic mass is 10.2. The van der Waals surface area contributed by atoms with Crippen molar-refractivity contribution < 1.29 is 8.83 Å². The average Bonchev–Trinajstić information content (AvgIpc) is 3.21. The van der Waals surface area contributed by atoms with Gasteiger partial charge in [0.25, 0.3) is 0 Å². The zero-order valence-corrected chi connectivity index (χ0v) is 13.2. The van der Waals surface area contributed by atoms with Crippen molar-refractivity contribution in [2.45, 2.75) is 39.4 Å². The van der Waals surface area contributed by atoms with Crippen LogP contribution in [0.15, 0.2) is 46.4 Å². The maximum atomic E-state index is 5.05. The van der Waals surface area contributed by atoms with E-state index >= 15 is 0 Å². The quantitative estimate of drug-likeness (QED) is 0.663. The highest BCUT2D eigenvalue weighted by Gasteiger charge is 2.13. The van der Waals surface area contributed by atoms with Gasteiger partial charge in [-0.2, -0.15) is 0 Å². The second-order valence-corrected chi connectivity index (χ2v) is 5.67. The Bertz CT molecular complexity index is 674. The van der Waals surface area contributed by atoms with Crippen molar-refractivity contribution >= 4 is 0 Å². The molecule has 0 bridgehead atoms. The van der Waals surface area contributed by atoms with Gasteiger partial charge in [-0.15, -0.1) is 0 Å². The van der Waals surface area contributed by atoms with Gasteiger partial charge in [0.05, 0.1) is 17.1 Å². The summed E-state index contributed by atoms with van der Waals surface area (Å²) in [6.45, 7) is 6.13. The van der Waals surface area contributed by atoms with E-state index in [-0.39, 0.29) is 0 Å². The molecule has 0 saturated carbocycles. The Hall–Kier alpha value is -2.54. The molecule has 0 N–H and O–H groups in total. The Kier molecular flexibility index (Phi) is 4.77. The number of rotatable bonds is 7. The smallest absolute Gasteiger partial charge is 0.180 e. The Morgan fingerprint density at radius 2 is 1.52 bits per heavy atom. The Morgan fingerprint density at radius 3 is 2.04 bits per heavy atom. The van der Waals surface area contributed by atoms with E-state index < -0.39 is 0 Å². The summed E-state index contributed by atoms with van der Waals surface area (Å²) in [5.74, 6) is 1.15. The summed E-state index contributed by atoms with van der Waals surface area (Å²) in [5.41, 5.74) is 2.70. The fourth-order valence-electron chi connectivity index (χ4n) is 2.27. The van der Waals surface area contributed by atoms with E-state index in [1.807, 2.05) is 12.3 Å². The molecule has 0 amide bonds. The predicted octanol–water partition coefficient (Wildman–Crippen LogP) is 2.78. The molecule has 0 aliphatic heterocycles. The minimum absolute atomic E-state index is 0.300. The van der Waals surface area contributed by atoms with Crippen molar-refractivity contribution in [1.29, 1.82) is 0 Å². The largest absolute Gasteiger partial charge is 0.451 e. The topological polar surface area (TPSA) is 81.1 Å². The third-order valence-electron chi connectivity index (χ3n) is 3.37. The molecule has 3 aromatic heterocycles. The highest BCUT2D eigenvalue weighted by atomic mass is 16.3. The SMILES string of the molecule is CC(C)c1nccc(CN(Cc2cocn2)Cc2cocn2)n1. The maximum absolute atomic E-state index is 5.05. The fraction of sp³-hybridized carbons (Fsp3) is 0.375. The molecule has 0 aliphatic rings. The third-order valence-corrected chi connectivity index (χ3v) is 3.37. The van der Waals surface area contributed by atoms with Crippen molar-refractivity contribution in [3.8, 4) is 0 Å². The molecular formula is C16H19N5O2. The van der Waals surface area contributed by atoms with Crippen molar-refractivity contribution in [3.63, 3.8) is 0 Å². The first-order valence-electron chi connectivity index (χ1n) is 7.49. The summed E-state index contributed by atoms with van der Waals surface area (Å²) in [7, 11) is 0. The van der Waals surface area contributed by atoms with Crippen LogP contribution in [0.2, 0.25) is 0 Å². The molecule has 7 nitrogen and oxygen atoms in total. The lowest BCUT2D eigenvalue weighted by Crippen LogP contribution is -2.23. The maximum Gasteiger partial charge on any atom is 0.180 e. The van der Waals surface area contributed by atoms with Gasteiger partial charge in [-0.05, 0) is 6.07 Å². The van der Waals surface area contributed by atoms with Gasteiger partial charge in [0, 0.05) is 31.7 Å². The third kappa shape index (κ3) is 4.23. The molecule has 0 aliphatic carbocycles. The molecule has 0 fully saturated rings. The minimum Gasteiger partial charge on any atom is -0.451 e. The minimum atomic E-state index is 0.300. The van der Waals surface area contributed by atoms with Crippen LogP contribution in [0.25, 0.3) is 0 Å². The molecule has 3 aromatic rings. The summed E-state index contributed by atoms with van der Waals surface area (Å²) < 4.78 is 10.1. The summed E-state index contributed by atoms with van der Waals surface area (Å²) in [5, 5.41) is 0. The normalized spacial score (nSPS) is 11.5. The van der Waals surface area contributed by atoms with Crippen molar-refractivity contribution in [1.82, 2.24) is 24.8 Å². The summed E-state index contributed by atoms with van der Waals surface area (Å²) in [4.78, 5) is 19.5. The van der Waals surface area contributed by atoms with Crippen molar-refractivity contribution in [2.75, 3.05) is 0 Å².